The first-order valence-corrected chi connectivity index (χ1v) is 12.0. The highest BCUT2D eigenvalue weighted by Gasteiger charge is 2.31. The second kappa shape index (κ2) is 9.15. The molecule has 1 fully saturated rings. The number of hydrogen-bond acceptors (Lipinski definition) is 5. The zero-order valence-corrected chi connectivity index (χ0v) is 18.8. The number of anilines is 1. The topological polar surface area (TPSA) is 98.8 Å². The number of amides is 3. The molecule has 0 spiro atoms. The fourth-order valence-electron chi connectivity index (χ4n) is 3.15. The van der Waals surface area contributed by atoms with Crippen LogP contribution in [0.2, 0.25) is 0 Å². The molecule has 30 heavy (non-hydrogen) atoms. The van der Waals surface area contributed by atoms with E-state index >= 15 is 0 Å². The molecule has 3 rings (SSSR count). The number of rotatable bonds is 5. The maximum absolute atomic E-state index is 12.9. The normalized spacial score (nSPS) is 15.3. The molecule has 162 valence electrons. The van der Waals surface area contributed by atoms with Gasteiger partial charge in [-0.25, -0.2) is 13.2 Å². The van der Waals surface area contributed by atoms with Gasteiger partial charge in [0.15, 0.2) is 0 Å². The van der Waals surface area contributed by atoms with Crippen molar-refractivity contribution in [3.63, 3.8) is 0 Å². The fraction of sp³-hybridized carbons (Fsp3) is 0.400. The third-order valence-corrected chi connectivity index (χ3v) is 7.99. The quantitative estimate of drug-likeness (QED) is 0.732. The van der Waals surface area contributed by atoms with E-state index in [0.717, 1.165) is 4.88 Å². The van der Waals surface area contributed by atoms with Gasteiger partial charge in [0.1, 0.15) is 4.21 Å². The van der Waals surface area contributed by atoms with Gasteiger partial charge < -0.3 is 15.5 Å². The van der Waals surface area contributed by atoms with Gasteiger partial charge in [0, 0.05) is 48.3 Å². The Morgan fingerprint density at radius 1 is 1.07 bits per heavy atom. The van der Waals surface area contributed by atoms with Crippen molar-refractivity contribution >= 4 is 39.0 Å². The van der Waals surface area contributed by atoms with E-state index in [0.29, 0.717) is 28.5 Å². The van der Waals surface area contributed by atoms with Gasteiger partial charge in [-0.3, -0.25) is 4.79 Å². The third kappa shape index (κ3) is 5.18. The Morgan fingerprint density at radius 3 is 2.37 bits per heavy atom. The summed E-state index contributed by atoms with van der Waals surface area (Å²) in [6.07, 6.45) is 0. The number of carbonyl (C=O) groups excluding carboxylic acids is 2. The average molecular weight is 451 g/mol. The Morgan fingerprint density at radius 2 is 1.77 bits per heavy atom. The molecular formula is C20H26N4O4S2. The molecule has 1 aromatic heterocycles. The molecule has 2 aromatic rings. The Balaban J connectivity index is 1.63. The van der Waals surface area contributed by atoms with Crippen LogP contribution in [0.15, 0.2) is 40.6 Å². The summed E-state index contributed by atoms with van der Waals surface area (Å²) in [7, 11) is -3.53. The summed E-state index contributed by atoms with van der Waals surface area (Å²) in [4.78, 5) is 27.3. The van der Waals surface area contributed by atoms with Crippen LogP contribution in [0.25, 0.3) is 0 Å². The van der Waals surface area contributed by atoms with Crippen molar-refractivity contribution in [1.29, 1.82) is 0 Å². The van der Waals surface area contributed by atoms with Crippen molar-refractivity contribution in [3.05, 3.63) is 46.8 Å². The predicted octanol–water partition coefficient (Wildman–Crippen LogP) is 2.73. The Kier molecular flexibility index (Phi) is 6.79. The zero-order chi connectivity index (χ0) is 21.9. The lowest BCUT2D eigenvalue weighted by Crippen LogP contribution is -2.50. The lowest BCUT2D eigenvalue weighted by molar-refractivity contribution is 0.0698. The summed E-state index contributed by atoms with van der Waals surface area (Å²) in [6, 6.07) is 9.81. The first-order chi connectivity index (χ1) is 14.2. The number of aryl methyl sites for hydroxylation is 1. The van der Waals surface area contributed by atoms with E-state index in [9.17, 15) is 18.0 Å². The number of urea groups is 1. The van der Waals surface area contributed by atoms with Gasteiger partial charge in [-0.1, -0.05) is 6.07 Å². The smallest absolute Gasteiger partial charge is 0.319 e. The van der Waals surface area contributed by atoms with E-state index in [-0.39, 0.29) is 31.1 Å². The molecule has 8 nitrogen and oxygen atoms in total. The van der Waals surface area contributed by atoms with Crippen molar-refractivity contribution in [2.75, 3.05) is 31.5 Å². The number of sulfonamides is 1. The number of thiophene rings is 1. The fourth-order valence-corrected chi connectivity index (χ4v) is 6.01. The number of nitrogens with one attached hydrogen (secondary N) is 2. The molecule has 3 amide bonds. The van der Waals surface area contributed by atoms with Crippen LogP contribution in [0, 0.1) is 6.92 Å². The molecule has 0 radical (unpaired) electrons. The maximum atomic E-state index is 12.9. The Hall–Kier alpha value is -2.43. The van der Waals surface area contributed by atoms with Crippen molar-refractivity contribution in [2.24, 2.45) is 0 Å². The van der Waals surface area contributed by atoms with Gasteiger partial charge in [0.2, 0.25) is 0 Å². The van der Waals surface area contributed by atoms with E-state index in [1.54, 1.807) is 41.3 Å². The highest BCUT2D eigenvalue weighted by atomic mass is 32.2. The van der Waals surface area contributed by atoms with Crippen LogP contribution in [0.4, 0.5) is 10.5 Å². The average Bonchev–Trinajstić information content (AvgIpc) is 3.14. The zero-order valence-electron chi connectivity index (χ0n) is 17.2. The SMILES string of the molecule is Cc1ccc(S(=O)(=O)N2CCN(C(=O)c3cccc(NC(=O)NC(C)C)c3)CC2)s1. The summed E-state index contributed by atoms with van der Waals surface area (Å²) in [5.74, 6) is -0.188. The lowest BCUT2D eigenvalue weighted by Gasteiger charge is -2.33. The van der Waals surface area contributed by atoms with Crippen molar-refractivity contribution < 1.29 is 18.0 Å². The summed E-state index contributed by atoms with van der Waals surface area (Å²) in [5, 5.41) is 5.44. The van der Waals surface area contributed by atoms with Crippen LogP contribution in [-0.4, -0.2) is 61.8 Å². The molecule has 1 aliphatic rings. The minimum absolute atomic E-state index is 0.000446. The molecule has 1 aromatic carbocycles. The van der Waals surface area contributed by atoms with Crippen molar-refractivity contribution in [3.8, 4) is 0 Å². The molecule has 0 bridgehead atoms. The Labute approximate surface area is 180 Å². The minimum Gasteiger partial charge on any atom is -0.336 e. The van der Waals surface area contributed by atoms with E-state index in [2.05, 4.69) is 10.6 Å². The van der Waals surface area contributed by atoms with Gasteiger partial charge in [-0.15, -0.1) is 11.3 Å². The first-order valence-electron chi connectivity index (χ1n) is 9.70. The number of hydrogen-bond donors (Lipinski definition) is 2. The predicted molar refractivity (Wildman–Crippen MR) is 117 cm³/mol. The van der Waals surface area contributed by atoms with Crippen LogP contribution >= 0.6 is 11.3 Å². The molecule has 0 unspecified atom stereocenters. The minimum atomic E-state index is -3.53. The molecule has 2 N–H and O–H groups in total. The standard InChI is InChI=1S/C20H26N4O4S2/c1-14(2)21-20(26)22-17-6-4-5-16(13-17)19(25)23-9-11-24(12-10-23)30(27,28)18-8-7-15(3)29-18/h4-8,13-14H,9-12H2,1-3H3,(H2,21,22,26). The van der Waals surface area contributed by atoms with E-state index < -0.39 is 10.0 Å². The highest BCUT2D eigenvalue weighted by Crippen LogP contribution is 2.25. The molecule has 0 saturated carbocycles. The second-order valence-electron chi connectivity index (χ2n) is 7.40. The van der Waals surface area contributed by atoms with Crippen molar-refractivity contribution in [1.82, 2.24) is 14.5 Å². The summed E-state index contributed by atoms with van der Waals surface area (Å²) in [5.41, 5.74) is 0.968. The van der Waals surface area contributed by atoms with E-state index in [1.165, 1.54) is 15.6 Å². The molecular weight excluding hydrogens is 424 g/mol. The molecule has 10 heteroatoms. The number of nitrogens with zero attached hydrogens (tertiary/aromatic N) is 2. The lowest BCUT2D eigenvalue weighted by atomic mass is 10.1. The summed E-state index contributed by atoms with van der Waals surface area (Å²) in [6.45, 7) is 6.72. The van der Waals surface area contributed by atoms with E-state index in [4.69, 9.17) is 0 Å². The second-order valence-corrected chi connectivity index (χ2v) is 10.8. The molecule has 1 aliphatic heterocycles. The molecule has 0 aliphatic carbocycles. The van der Waals surface area contributed by atoms with Crippen molar-refractivity contribution in [2.45, 2.75) is 31.0 Å². The molecule has 0 atom stereocenters. The van der Waals surface area contributed by atoms with Crippen LogP contribution in [-0.2, 0) is 10.0 Å². The number of carbonyl (C=O) groups is 2. The maximum Gasteiger partial charge on any atom is 0.319 e. The van der Waals surface area contributed by atoms with Crippen LogP contribution in [0.1, 0.15) is 29.1 Å². The largest absolute Gasteiger partial charge is 0.336 e. The molecule has 2 heterocycles. The number of benzene rings is 1. The first kappa shape index (κ1) is 22.3. The van der Waals surface area contributed by atoms with Gasteiger partial charge in [-0.2, -0.15) is 4.31 Å². The monoisotopic (exact) mass is 450 g/mol. The van der Waals surface area contributed by atoms with Gasteiger partial charge >= 0.3 is 6.03 Å². The van der Waals surface area contributed by atoms with Gasteiger partial charge in [0.05, 0.1) is 0 Å². The van der Waals surface area contributed by atoms with E-state index in [1.807, 2.05) is 20.8 Å². The highest BCUT2D eigenvalue weighted by molar-refractivity contribution is 7.91. The summed E-state index contributed by atoms with van der Waals surface area (Å²) < 4.78 is 27.3. The van der Waals surface area contributed by atoms with Gasteiger partial charge in [0.25, 0.3) is 15.9 Å². The Bertz CT molecular complexity index is 1020. The number of piperazine rings is 1. The van der Waals surface area contributed by atoms with Crippen LogP contribution in [0.3, 0.4) is 0 Å². The van der Waals surface area contributed by atoms with Crippen LogP contribution in [0.5, 0.6) is 0 Å². The van der Waals surface area contributed by atoms with Gasteiger partial charge in [-0.05, 0) is 51.1 Å². The summed E-state index contributed by atoms with van der Waals surface area (Å²) >= 11 is 1.25. The molecule has 1 saturated heterocycles. The van der Waals surface area contributed by atoms with Crippen LogP contribution < -0.4 is 10.6 Å². The third-order valence-electron chi connectivity index (χ3n) is 4.62.